The van der Waals surface area contributed by atoms with E-state index >= 15 is 0 Å². The molecule has 0 aliphatic heterocycles. The largest absolute Gasteiger partial charge is 0.208 e. The summed E-state index contributed by atoms with van der Waals surface area (Å²) in [5, 5.41) is 6.89. The van der Waals surface area contributed by atoms with Crippen LogP contribution in [0.25, 0.3) is 109 Å². The summed E-state index contributed by atoms with van der Waals surface area (Å²) < 4.78 is 2.40. The molecule has 3 nitrogen and oxygen atoms in total. The molecule has 4 heteroatoms. The number of hydrogen-bond acceptors (Lipinski definition) is 4. The maximum Gasteiger partial charge on any atom is 0.165 e. The summed E-state index contributed by atoms with van der Waals surface area (Å²) in [5.41, 5.74) is 14.7. The number of rotatable bonds is 7. The van der Waals surface area contributed by atoms with Gasteiger partial charge in [0, 0.05) is 36.9 Å². The standard InChI is InChI=1S/C66H41N3S/c1-4-19-42(20-5-1)46-37-39-56(50-27-12-10-25-48(46)50)63-67-64(69-65(68-63)58-32-18-31-55-54-30-15-17-34-61(54)70-62(55)58)57-40-38-47(49-26-11-13-28-51(49)57)43-35-36-53-52-29-14-16-33-59(52)66(60(53)41-43,44-21-6-2-7-22-44)45-23-8-3-9-24-45/h1-41H. The fourth-order valence-electron chi connectivity index (χ4n) is 11.4. The van der Waals surface area contributed by atoms with Crippen molar-refractivity contribution in [3.63, 3.8) is 0 Å². The second kappa shape index (κ2) is 16.2. The smallest absolute Gasteiger partial charge is 0.165 e. The zero-order valence-corrected chi connectivity index (χ0v) is 38.7. The molecule has 14 rings (SSSR count). The van der Waals surface area contributed by atoms with E-state index < -0.39 is 5.41 Å². The van der Waals surface area contributed by atoms with Gasteiger partial charge in [-0.1, -0.05) is 218 Å². The molecule has 1 aliphatic rings. The third-order valence-electron chi connectivity index (χ3n) is 14.5. The molecule has 0 N–H and O–H groups in total. The predicted octanol–water partition coefficient (Wildman–Crippen LogP) is 17.2. The minimum atomic E-state index is -0.501. The van der Waals surface area contributed by atoms with Gasteiger partial charge in [-0.3, -0.25) is 0 Å². The summed E-state index contributed by atoms with van der Waals surface area (Å²) in [6.45, 7) is 0. The van der Waals surface area contributed by atoms with Gasteiger partial charge in [-0.2, -0.15) is 0 Å². The lowest BCUT2D eigenvalue weighted by molar-refractivity contribution is 0.769. The fraction of sp³-hybridized carbons (Fsp3) is 0.0152. The molecular formula is C66H41N3S. The van der Waals surface area contributed by atoms with Crippen molar-refractivity contribution >= 4 is 53.1 Å². The normalized spacial score (nSPS) is 12.7. The van der Waals surface area contributed by atoms with Gasteiger partial charge in [0.15, 0.2) is 17.5 Å². The predicted molar refractivity (Wildman–Crippen MR) is 292 cm³/mol. The topological polar surface area (TPSA) is 38.7 Å². The molecule has 2 heterocycles. The van der Waals surface area contributed by atoms with Gasteiger partial charge in [-0.15, -0.1) is 11.3 Å². The highest BCUT2D eigenvalue weighted by molar-refractivity contribution is 7.26. The highest BCUT2D eigenvalue weighted by Crippen LogP contribution is 2.57. The number of benzene rings is 11. The third-order valence-corrected chi connectivity index (χ3v) is 15.7. The van der Waals surface area contributed by atoms with E-state index in [4.69, 9.17) is 15.0 Å². The molecule has 70 heavy (non-hydrogen) atoms. The Bertz CT molecular complexity index is 4140. The van der Waals surface area contributed by atoms with E-state index in [2.05, 4.69) is 249 Å². The number of aromatic nitrogens is 3. The van der Waals surface area contributed by atoms with Crippen LogP contribution in [0.1, 0.15) is 22.3 Å². The van der Waals surface area contributed by atoms with Crippen LogP contribution in [-0.4, -0.2) is 15.0 Å². The second-order valence-corrected chi connectivity index (χ2v) is 19.2. The van der Waals surface area contributed by atoms with Crippen LogP contribution in [0.3, 0.4) is 0 Å². The lowest BCUT2D eigenvalue weighted by Gasteiger charge is -2.34. The minimum Gasteiger partial charge on any atom is -0.208 e. The molecule has 0 radical (unpaired) electrons. The van der Waals surface area contributed by atoms with Crippen LogP contribution in [-0.2, 0) is 5.41 Å². The van der Waals surface area contributed by atoms with Gasteiger partial charge >= 0.3 is 0 Å². The first-order chi connectivity index (χ1) is 34.7. The van der Waals surface area contributed by atoms with E-state index in [1.165, 1.54) is 60.0 Å². The number of nitrogens with zero attached hydrogens (tertiary/aromatic N) is 3. The molecule has 13 aromatic rings. The first kappa shape index (κ1) is 40.3. The van der Waals surface area contributed by atoms with E-state index in [0.29, 0.717) is 17.5 Å². The van der Waals surface area contributed by atoms with Crippen LogP contribution in [0.2, 0.25) is 0 Å². The Kier molecular flexibility index (Phi) is 9.29. The highest BCUT2D eigenvalue weighted by atomic mass is 32.1. The molecule has 0 bridgehead atoms. The van der Waals surface area contributed by atoms with Crippen molar-refractivity contribution in [3.8, 4) is 67.5 Å². The molecule has 1 aliphatic carbocycles. The summed E-state index contributed by atoms with van der Waals surface area (Å²) in [6, 6.07) is 90.1. The second-order valence-electron chi connectivity index (χ2n) is 18.2. The highest BCUT2D eigenvalue weighted by Gasteiger charge is 2.46. The third kappa shape index (κ3) is 6.17. The summed E-state index contributed by atoms with van der Waals surface area (Å²) in [5.74, 6) is 1.92. The Morgan fingerprint density at radius 2 is 0.700 bits per heavy atom. The van der Waals surface area contributed by atoms with E-state index in [1.807, 2.05) is 0 Å². The number of thiophene rings is 1. The molecule has 0 amide bonds. The zero-order chi connectivity index (χ0) is 46.2. The van der Waals surface area contributed by atoms with E-state index in [-0.39, 0.29) is 0 Å². The molecule has 0 fully saturated rings. The van der Waals surface area contributed by atoms with Gasteiger partial charge in [0.1, 0.15) is 0 Å². The van der Waals surface area contributed by atoms with Crippen LogP contribution < -0.4 is 0 Å². The average molecular weight is 908 g/mol. The van der Waals surface area contributed by atoms with Gasteiger partial charge in [-0.05, 0) is 108 Å². The SMILES string of the molecule is c1ccc(-c2ccc(-c3nc(-c4ccc(-c5ccc6c(c5)C(c5ccccc5)(c5ccccc5)c5ccccc5-6)c5ccccc45)nc(-c4cccc5c4sc4ccccc45)n3)c3ccccc23)cc1. The van der Waals surface area contributed by atoms with Crippen molar-refractivity contribution in [3.05, 3.63) is 271 Å². The monoisotopic (exact) mass is 907 g/mol. The van der Waals surface area contributed by atoms with Gasteiger partial charge in [0.2, 0.25) is 0 Å². The average Bonchev–Trinajstić information content (AvgIpc) is 3.97. The Labute approximate surface area is 409 Å². The van der Waals surface area contributed by atoms with Crippen molar-refractivity contribution in [2.24, 2.45) is 0 Å². The van der Waals surface area contributed by atoms with E-state index in [1.54, 1.807) is 11.3 Å². The number of fused-ring (bicyclic) bond motifs is 8. The maximum absolute atomic E-state index is 5.46. The molecule has 2 aromatic heterocycles. The van der Waals surface area contributed by atoms with E-state index in [9.17, 15) is 0 Å². The maximum atomic E-state index is 5.46. The lowest BCUT2D eigenvalue weighted by atomic mass is 9.67. The lowest BCUT2D eigenvalue weighted by Crippen LogP contribution is -2.28. The molecule has 0 spiro atoms. The molecule has 0 unspecified atom stereocenters. The summed E-state index contributed by atoms with van der Waals surface area (Å²) in [7, 11) is 0. The quantitative estimate of drug-likeness (QED) is 0.160. The first-order valence-corrected chi connectivity index (χ1v) is 24.7. The molecule has 0 atom stereocenters. The summed E-state index contributed by atoms with van der Waals surface area (Å²) in [6.07, 6.45) is 0. The van der Waals surface area contributed by atoms with Crippen molar-refractivity contribution < 1.29 is 0 Å². The molecule has 0 saturated heterocycles. The molecule has 11 aromatic carbocycles. The van der Waals surface area contributed by atoms with Gasteiger partial charge in [0.05, 0.1) is 5.41 Å². The fourth-order valence-corrected chi connectivity index (χ4v) is 12.6. The van der Waals surface area contributed by atoms with Crippen LogP contribution in [0.15, 0.2) is 249 Å². The van der Waals surface area contributed by atoms with Crippen molar-refractivity contribution in [1.82, 2.24) is 15.0 Å². The van der Waals surface area contributed by atoms with Crippen molar-refractivity contribution in [2.75, 3.05) is 0 Å². The molecule has 0 saturated carbocycles. The van der Waals surface area contributed by atoms with Gasteiger partial charge in [-0.25, -0.2) is 15.0 Å². The van der Waals surface area contributed by atoms with Crippen LogP contribution in [0.5, 0.6) is 0 Å². The molecule has 326 valence electrons. The van der Waals surface area contributed by atoms with Crippen molar-refractivity contribution in [1.29, 1.82) is 0 Å². The number of hydrogen-bond donors (Lipinski definition) is 0. The summed E-state index contributed by atoms with van der Waals surface area (Å²) >= 11 is 1.79. The Morgan fingerprint density at radius 1 is 0.271 bits per heavy atom. The van der Waals surface area contributed by atoms with Crippen LogP contribution in [0.4, 0.5) is 0 Å². The summed E-state index contributed by atoms with van der Waals surface area (Å²) in [4.78, 5) is 16.3. The van der Waals surface area contributed by atoms with Gasteiger partial charge < -0.3 is 0 Å². The van der Waals surface area contributed by atoms with Crippen molar-refractivity contribution in [2.45, 2.75) is 5.41 Å². The Hall–Kier alpha value is -8.83. The Morgan fingerprint density at radius 3 is 1.33 bits per heavy atom. The minimum absolute atomic E-state index is 0.501. The van der Waals surface area contributed by atoms with Gasteiger partial charge in [0.25, 0.3) is 0 Å². The molecular weight excluding hydrogens is 867 g/mol. The first-order valence-electron chi connectivity index (χ1n) is 23.8. The van der Waals surface area contributed by atoms with Crippen LogP contribution >= 0.6 is 11.3 Å². The Balaban J connectivity index is 0.985. The zero-order valence-electron chi connectivity index (χ0n) is 37.9. The van der Waals surface area contributed by atoms with E-state index in [0.717, 1.165) is 54.1 Å². The van der Waals surface area contributed by atoms with Crippen LogP contribution in [0, 0.1) is 0 Å².